The molecule has 2 aliphatic heterocycles. The van der Waals surface area contributed by atoms with Crippen molar-refractivity contribution in [2.45, 2.75) is 6.92 Å². The van der Waals surface area contributed by atoms with E-state index in [2.05, 4.69) is 5.32 Å². The number of benzene rings is 1. The Morgan fingerprint density at radius 2 is 1.96 bits per heavy atom. The Morgan fingerprint density at radius 3 is 2.54 bits per heavy atom. The average Bonchev–Trinajstić information content (AvgIpc) is 2.56. The van der Waals surface area contributed by atoms with Gasteiger partial charge in [-0.1, -0.05) is 0 Å². The van der Waals surface area contributed by atoms with E-state index in [0.717, 1.165) is 6.07 Å². The van der Waals surface area contributed by atoms with Crippen molar-refractivity contribution < 1.29 is 23.9 Å². The minimum Gasteiger partial charge on any atom is -0.480 e. The lowest BCUT2D eigenvalue weighted by molar-refractivity contribution is -0.144. The topological polar surface area (TPSA) is 90.0 Å². The van der Waals surface area contributed by atoms with Crippen LogP contribution in [0.2, 0.25) is 0 Å². The van der Waals surface area contributed by atoms with Crippen molar-refractivity contribution in [1.29, 1.82) is 0 Å². The van der Waals surface area contributed by atoms with Crippen LogP contribution in [-0.2, 0) is 9.59 Å². The molecule has 2 heterocycles. The van der Waals surface area contributed by atoms with Gasteiger partial charge >= 0.3 is 5.97 Å². The molecule has 0 aromatic heterocycles. The number of Topliss-reactive ketones (excluding diaryl/α,β-unsaturated/α-hetero) is 1. The number of rotatable bonds is 3. The lowest BCUT2D eigenvalue weighted by Crippen LogP contribution is -2.48. The Balaban J connectivity index is 2.10. The van der Waals surface area contributed by atoms with E-state index in [1.807, 2.05) is 4.90 Å². The molecule has 7 nitrogen and oxygen atoms in total. The molecular weight excluding hydrogens is 317 g/mol. The summed E-state index contributed by atoms with van der Waals surface area (Å²) in [5.41, 5.74) is 0.545. The van der Waals surface area contributed by atoms with Gasteiger partial charge in [0.15, 0.2) is 11.7 Å². The first-order valence-corrected chi connectivity index (χ1v) is 7.83. The third-order valence-electron chi connectivity index (χ3n) is 4.42. The molecule has 24 heavy (non-hydrogen) atoms. The first-order chi connectivity index (χ1) is 11.5. The summed E-state index contributed by atoms with van der Waals surface area (Å²) in [6, 6.07) is 2.54. The molecule has 0 spiro atoms. The van der Waals surface area contributed by atoms with Gasteiger partial charge in [0.05, 0.1) is 11.4 Å². The van der Waals surface area contributed by atoms with Crippen molar-refractivity contribution in [3.8, 4) is 0 Å². The lowest BCUT2D eigenvalue weighted by atomic mass is 9.89. The normalized spacial score (nSPS) is 21.0. The van der Waals surface area contributed by atoms with Crippen molar-refractivity contribution in [2.75, 3.05) is 42.5 Å². The van der Waals surface area contributed by atoms with Crippen LogP contribution in [0.3, 0.4) is 0 Å². The third-order valence-corrected chi connectivity index (χ3v) is 4.42. The second-order valence-electron chi connectivity index (χ2n) is 5.78. The van der Waals surface area contributed by atoms with Gasteiger partial charge in [-0.3, -0.25) is 14.4 Å². The summed E-state index contributed by atoms with van der Waals surface area (Å²) in [5.74, 6) is -5.54. The van der Waals surface area contributed by atoms with Crippen LogP contribution in [0.4, 0.5) is 15.8 Å². The summed E-state index contributed by atoms with van der Waals surface area (Å²) in [5, 5.41) is 12.3. The fourth-order valence-corrected chi connectivity index (χ4v) is 3.21. The van der Waals surface area contributed by atoms with Gasteiger partial charge in [0, 0.05) is 38.3 Å². The van der Waals surface area contributed by atoms with Crippen molar-refractivity contribution in [1.82, 2.24) is 5.32 Å². The van der Waals surface area contributed by atoms with Crippen LogP contribution < -0.4 is 15.1 Å². The molecule has 1 saturated heterocycles. The third kappa shape index (κ3) is 2.52. The number of halogens is 1. The Hall–Kier alpha value is -2.48. The Kier molecular flexibility index (Phi) is 4.23. The van der Waals surface area contributed by atoms with Crippen LogP contribution in [-0.4, -0.2) is 55.5 Å². The number of carboxylic acid groups (broad SMARTS) is 1. The maximum atomic E-state index is 14.5. The summed E-state index contributed by atoms with van der Waals surface area (Å²) in [6.45, 7) is 4.54. The van der Waals surface area contributed by atoms with E-state index < -0.39 is 29.4 Å². The van der Waals surface area contributed by atoms with Gasteiger partial charge in [0.1, 0.15) is 5.82 Å². The maximum Gasteiger partial charge on any atom is 0.324 e. The van der Waals surface area contributed by atoms with Gasteiger partial charge in [-0.25, -0.2) is 4.39 Å². The van der Waals surface area contributed by atoms with Gasteiger partial charge < -0.3 is 20.2 Å². The summed E-state index contributed by atoms with van der Waals surface area (Å²) in [6.07, 6.45) is 0. The molecule has 0 saturated carbocycles. The molecule has 128 valence electrons. The largest absolute Gasteiger partial charge is 0.480 e. The molecule has 1 aromatic rings. The minimum atomic E-state index is -1.80. The molecule has 1 atom stereocenters. The molecular formula is C16H18FN3O4. The number of nitrogens with one attached hydrogen (secondary N) is 1. The maximum absolute atomic E-state index is 14.5. The van der Waals surface area contributed by atoms with Crippen LogP contribution in [0.25, 0.3) is 0 Å². The van der Waals surface area contributed by atoms with Gasteiger partial charge in [-0.15, -0.1) is 0 Å². The van der Waals surface area contributed by atoms with Crippen molar-refractivity contribution in [3.05, 3.63) is 23.5 Å². The highest BCUT2D eigenvalue weighted by Crippen LogP contribution is 2.36. The van der Waals surface area contributed by atoms with E-state index in [1.165, 1.54) is 11.0 Å². The van der Waals surface area contributed by atoms with Crippen LogP contribution in [0.5, 0.6) is 0 Å². The first kappa shape index (κ1) is 16.4. The molecule has 0 aliphatic carbocycles. The van der Waals surface area contributed by atoms with Crippen LogP contribution in [0.1, 0.15) is 17.3 Å². The van der Waals surface area contributed by atoms with E-state index in [4.69, 9.17) is 5.11 Å². The number of hydrogen-bond donors (Lipinski definition) is 2. The molecule has 1 aromatic carbocycles. The number of ketones is 1. The van der Waals surface area contributed by atoms with Crippen LogP contribution >= 0.6 is 0 Å². The highest BCUT2D eigenvalue weighted by Gasteiger charge is 2.44. The molecule has 1 fully saturated rings. The molecule has 3 rings (SSSR count). The molecule has 8 heteroatoms. The molecule has 0 radical (unpaired) electrons. The standard InChI is InChI=1S/C16H18FN3O4/c1-2-20-11-8-12(19-5-3-18-4-6-19)10(17)7-9(11)14(21)13(15(20)22)16(23)24/h7-8,13,18H,2-6H2,1H3,(H,23,24). The van der Waals surface area contributed by atoms with Crippen LogP contribution in [0, 0.1) is 11.7 Å². The van der Waals surface area contributed by atoms with E-state index in [1.54, 1.807) is 6.92 Å². The average molecular weight is 335 g/mol. The predicted octanol–water partition coefficient (Wildman–Crippen LogP) is 0.485. The fraction of sp³-hybridized carbons (Fsp3) is 0.438. The smallest absolute Gasteiger partial charge is 0.324 e. The molecule has 1 amide bonds. The Morgan fingerprint density at radius 1 is 1.29 bits per heavy atom. The number of nitrogens with zero attached hydrogens (tertiary/aromatic N) is 2. The zero-order chi connectivity index (χ0) is 17.4. The Bertz CT molecular complexity index is 716. The molecule has 2 N–H and O–H groups in total. The quantitative estimate of drug-likeness (QED) is 0.781. The number of piperazine rings is 1. The number of hydrogen-bond acceptors (Lipinski definition) is 5. The summed E-state index contributed by atoms with van der Waals surface area (Å²) >= 11 is 0. The van der Waals surface area contributed by atoms with Crippen molar-refractivity contribution in [2.24, 2.45) is 5.92 Å². The van der Waals surface area contributed by atoms with E-state index in [0.29, 0.717) is 31.9 Å². The summed E-state index contributed by atoms with van der Waals surface area (Å²) in [4.78, 5) is 39.1. The zero-order valence-electron chi connectivity index (χ0n) is 13.2. The second-order valence-corrected chi connectivity index (χ2v) is 5.78. The second kappa shape index (κ2) is 6.20. The monoisotopic (exact) mass is 335 g/mol. The van der Waals surface area contributed by atoms with Gasteiger partial charge in [0.25, 0.3) is 0 Å². The van der Waals surface area contributed by atoms with E-state index in [9.17, 15) is 18.8 Å². The number of amides is 1. The minimum absolute atomic E-state index is 0.0553. The van der Waals surface area contributed by atoms with Gasteiger partial charge in [0.2, 0.25) is 5.91 Å². The first-order valence-electron chi connectivity index (χ1n) is 7.83. The Labute approximate surface area is 138 Å². The van der Waals surface area contributed by atoms with Crippen molar-refractivity contribution >= 4 is 29.0 Å². The van der Waals surface area contributed by atoms with Gasteiger partial charge in [-0.05, 0) is 19.1 Å². The number of carboxylic acids is 1. The molecule has 2 aliphatic rings. The number of anilines is 2. The molecule has 0 bridgehead atoms. The fourth-order valence-electron chi connectivity index (χ4n) is 3.21. The number of fused-ring (bicyclic) bond motifs is 1. The van der Waals surface area contributed by atoms with E-state index in [-0.39, 0.29) is 17.8 Å². The highest BCUT2D eigenvalue weighted by molar-refractivity contribution is 6.30. The number of aliphatic carboxylic acids is 1. The van der Waals surface area contributed by atoms with Crippen LogP contribution in [0.15, 0.2) is 12.1 Å². The zero-order valence-corrected chi connectivity index (χ0v) is 13.2. The number of carbonyl (C=O) groups is 3. The lowest BCUT2D eigenvalue weighted by Gasteiger charge is -2.34. The highest BCUT2D eigenvalue weighted by atomic mass is 19.1. The van der Waals surface area contributed by atoms with Gasteiger partial charge in [-0.2, -0.15) is 0 Å². The molecule has 1 unspecified atom stereocenters. The predicted molar refractivity (Wildman–Crippen MR) is 85.0 cm³/mol. The SMILES string of the molecule is CCN1C(=O)C(C(=O)O)C(=O)c2cc(F)c(N3CCNCC3)cc21. The number of carbonyl (C=O) groups excluding carboxylic acids is 2. The summed E-state index contributed by atoms with van der Waals surface area (Å²) in [7, 11) is 0. The van der Waals surface area contributed by atoms with E-state index >= 15 is 0 Å². The van der Waals surface area contributed by atoms with Crippen molar-refractivity contribution in [3.63, 3.8) is 0 Å². The summed E-state index contributed by atoms with van der Waals surface area (Å²) < 4.78 is 14.5.